The van der Waals surface area contributed by atoms with Gasteiger partial charge >= 0.3 is 7.12 Å². The Bertz CT molecular complexity index is 563. The molecule has 3 rings (SSSR count). The van der Waals surface area contributed by atoms with Crippen molar-refractivity contribution in [2.45, 2.75) is 51.4 Å². The third-order valence-corrected chi connectivity index (χ3v) is 5.00. The number of anilines is 1. The standard InChI is InChI=1S/C16H23BFNO3/c1-15(2)16(3,4)22-17(21-15)11-5-6-14(13(18)9-11)19-8-7-12(20)10-19/h5-6,9,12,20H,7-8,10H2,1-4H3. The third-order valence-electron chi connectivity index (χ3n) is 5.00. The Morgan fingerprint density at radius 1 is 1.23 bits per heavy atom. The van der Waals surface area contributed by atoms with Crippen molar-refractivity contribution in [1.29, 1.82) is 0 Å². The minimum atomic E-state index is -0.558. The van der Waals surface area contributed by atoms with Crippen molar-refractivity contribution in [1.82, 2.24) is 0 Å². The van der Waals surface area contributed by atoms with Crippen LogP contribution in [0.4, 0.5) is 10.1 Å². The highest BCUT2D eigenvalue weighted by atomic mass is 19.1. The predicted octanol–water partition coefficient (Wildman–Crippen LogP) is 1.70. The van der Waals surface area contributed by atoms with Crippen molar-refractivity contribution in [2.75, 3.05) is 18.0 Å². The quantitative estimate of drug-likeness (QED) is 0.845. The van der Waals surface area contributed by atoms with E-state index in [4.69, 9.17) is 9.31 Å². The molecule has 2 heterocycles. The summed E-state index contributed by atoms with van der Waals surface area (Å²) >= 11 is 0. The van der Waals surface area contributed by atoms with Crippen molar-refractivity contribution in [3.63, 3.8) is 0 Å². The number of halogens is 1. The van der Waals surface area contributed by atoms with Gasteiger partial charge in [0.2, 0.25) is 0 Å². The van der Waals surface area contributed by atoms with Crippen LogP contribution >= 0.6 is 0 Å². The topological polar surface area (TPSA) is 41.9 Å². The summed E-state index contributed by atoms with van der Waals surface area (Å²) in [6, 6.07) is 5.06. The molecule has 1 unspecified atom stereocenters. The molecule has 1 N–H and O–H groups in total. The zero-order valence-electron chi connectivity index (χ0n) is 13.6. The first-order valence-corrected chi connectivity index (χ1v) is 7.78. The average Bonchev–Trinajstić information content (AvgIpc) is 2.91. The van der Waals surface area contributed by atoms with E-state index in [0.29, 0.717) is 30.7 Å². The smallest absolute Gasteiger partial charge is 0.399 e. The second kappa shape index (κ2) is 5.22. The molecule has 1 atom stereocenters. The molecule has 4 nitrogen and oxygen atoms in total. The van der Waals surface area contributed by atoms with E-state index in [-0.39, 0.29) is 11.9 Å². The van der Waals surface area contributed by atoms with Crippen LogP contribution in [0.25, 0.3) is 0 Å². The summed E-state index contributed by atoms with van der Waals surface area (Å²) in [6.07, 6.45) is 0.306. The molecular formula is C16H23BFNO3. The van der Waals surface area contributed by atoms with E-state index in [2.05, 4.69) is 0 Å². The van der Waals surface area contributed by atoms with Gasteiger partial charge in [0.25, 0.3) is 0 Å². The largest absolute Gasteiger partial charge is 0.494 e. The van der Waals surface area contributed by atoms with Gasteiger partial charge in [-0.25, -0.2) is 4.39 Å². The Balaban J connectivity index is 1.81. The minimum Gasteiger partial charge on any atom is -0.399 e. The molecule has 0 spiro atoms. The maximum Gasteiger partial charge on any atom is 0.494 e. The Labute approximate surface area is 131 Å². The van der Waals surface area contributed by atoms with Crippen LogP contribution in [0.15, 0.2) is 18.2 Å². The lowest BCUT2D eigenvalue weighted by Gasteiger charge is -2.32. The van der Waals surface area contributed by atoms with Crippen LogP contribution in [0.1, 0.15) is 34.1 Å². The second-order valence-corrected chi connectivity index (χ2v) is 7.19. The Morgan fingerprint density at radius 3 is 2.36 bits per heavy atom. The fourth-order valence-electron chi connectivity index (χ4n) is 2.87. The molecule has 1 aromatic carbocycles. The van der Waals surface area contributed by atoms with E-state index in [1.54, 1.807) is 6.07 Å². The summed E-state index contributed by atoms with van der Waals surface area (Å²) in [5.41, 5.74) is 0.328. The van der Waals surface area contributed by atoms with Gasteiger partial charge in [-0.2, -0.15) is 0 Å². The predicted molar refractivity (Wildman–Crippen MR) is 85.0 cm³/mol. The number of hydrogen-bond donors (Lipinski definition) is 1. The molecule has 6 heteroatoms. The summed E-state index contributed by atoms with van der Waals surface area (Å²) < 4.78 is 26.3. The maximum absolute atomic E-state index is 14.4. The lowest BCUT2D eigenvalue weighted by atomic mass is 9.79. The molecule has 0 bridgehead atoms. The highest BCUT2D eigenvalue weighted by Crippen LogP contribution is 2.36. The fraction of sp³-hybridized carbons (Fsp3) is 0.625. The number of hydrogen-bond acceptors (Lipinski definition) is 4. The Morgan fingerprint density at radius 2 is 1.86 bits per heavy atom. The number of aliphatic hydroxyl groups excluding tert-OH is 1. The molecular weight excluding hydrogens is 284 g/mol. The molecule has 1 aromatic rings. The number of nitrogens with zero attached hydrogens (tertiary/aromatic N) is 1. The SMILES string of the molecule is CC1(C)OB(c2ccc(N3CCC(O)C3)c(F)c2)OC1(C)C. The molecule has 0 aromatic heterocycles. The van der Waals surface area contributed by atoms with Gasteiger partial charge in [-0.3, -0.25) is 0 Å². The minimum absolute atomic E-state index is 0.304. The number of β-amino-alcohol motifs (C(OH)–C–C–N with tert-alkyl or cyclic N) is 1. The van der Waals surface area contributed by atoms with Crippen molar-refractivity contribution in [2.24, 2.45) is 0 Å². The Hall–Kier alpha value is -1.11. The molecule has 2 aliphatic rings. The van der Waals surface area contributed by atoms with Crippen LogP contribution in [-0.4, -0.2) is 42.6 Å². The van der Waals surface area contributed by atoms with E-state index < -0.39 is 18.3 Å². The average molecular weight is 307 g/mol. The summed E-state index contributed by atoms with van der Waals surface area (Å²) in [5.74, 6) is -0.304. The molecule has 2 saturated heterocycles. The van der Waals surface area contributed by atoms with Crippen LogP contribution in [0.2, 0.25) is 0 Å². The normalized spacial score (nSPS) is 26.7. The van der Waals surface area contributed by atoms with Gasteiger partial charge in [-0.05, 0) is 51.7 Å². The van der Waals surface area contributed by atoms with E-state index in [0.717, 1.165) is 0 Å². The van der Waals surface area contributed by atoms with Crippen LogP contribution in [-0.2, 0) is 9.31 Å². The molecule has 120 valence electrons. The number of aliphatic hydroxyl groups is 1. The second-order valence-electron chi connectivity index (χ2n) is 7.19. The van der Waals surface area contributed by atoms with Crippen molar-refractivity contribution < 1.29 is 18.8 Å². The first-order valence-electron chi connectivity index (χ1n) is 7.78. The molecule has 2 fully saturated rings. The molecule has 22 heavy (non-hydrogen) atoms. The van der Waals surface area contributed by atoms with Gasteiger partial charge in [0, 0.05) is 13.1 Å². The highest BCUT2D eigenvalue weighted by molar-refractivity contribution is 6.62. The van der Waals surface area contributed by atoms with Gasteiger partial charge < -0.3 is 19.3 Å². The van der Waals surface area contributed by atoms with E-state index in [9.17, 15) is 9.50 Å². The van der Waals surface area contributed by atoms with Crippen molar-refractivity contribution in [3.8, 4) is 0 Å². The molecule has 0 amide bonds. The molecule has 0 aliphatic carbocycles. The van der Waals surface area contributed by atoms with Crippen molar-refractivity contribution >= 4 is 18.3 Å². The third kappa shape index (κ3) is 2.64. The van der Waals surface area contributed by atoms with Crippen LogP contribution < -0.4 is 10.4 Å². The number of rotatable bonds is 2. The van der Waals surface area contributed by atoms with E-state index >= 15 is 0 Å². The van der Waals surface area contributed by atoms with Crippen LogP contribution in [0.5, 0.6) is 0 Å². The van der Waals surface area contributed by atoms with Gasteiger partial charge in [-0.15, -0.1) is 0 Å². The molecule has 0 radical (unpaired) electrons. The summed E-state index contributed by atoms with van der Waals surface area (Å²) in [5, 5.41) is 9.59. The summed E-state index contributed by atoms with van der Waals surface area (Å²) in [6.45, 7) is 9.06. The number of benzene rings is 1. The lowest BCUT2D eigenvalue weighted by Crippen LogP contribution is -2.41. The zero-order chi connectivity index (χ0) is 16.1. The monoisotopic (exact) mass is 307 g/mol. The molecule has 0 saturated carbocycles. The van der Waals surface area contributed by atoms with Gasteiger partial charge in [0.05, 0.1) is 23.0 Å². The van der Waals surface area contributed by atoms with Gasteiger partial charge in [0.1, 0.15) is 5.82 Å². The highest BCUT2D eigenvalue weighted by Gasteiger charge is 2.51. The summed E-state index contributed by atoms with van der Waals surface area (Å²) in [4.78, 5) is 1.87. The first-order chi connectivity index (χ1) is 10.2. The maximum atomic E-state index is 14.4. The first kappa shape index (κ1) is 15.8. The van der Waals surface area contributed by atoms with E-state index in [1.807, 2.05) is 38.7 Å². The van der Waals surface area contributed by atoms with E-state index in [1.165, 1.54) is 6.07 Å². The zero-order valence-corrected chi connectivity index (χ0v) is 13.6. The van der Waals surface area contributed by atoms with Gasteiger partial charge in [0.15, 0.2) is 0 Å². The van der Waals surface area contributed by atoms with Crippen molar-refractivity contribution in [3.05, 3.63) is 24.0 Å². The fourth-order valence-corrected chi connectivity index (χ4v) is 2.87. The van der Waals surface area contributed by atoms with Crippen LogP contribution in [0.3, 0.4) is 0 Å². The molecule has 2 aliphatic heterocycles. The van der Waals surface area contributed by atoms with Gasteiger partial charge in [-0.1, -0.05) is 6.07 Å². The lowest BCUT2D eigenvalue weighted by molar-refractivity contribution is 0.00578. The van der Waals surface area contributed by atoms with Crippen LogP contribution in [0, 0.1) is 5.82 Å². The Kier molecular flexibility index (Phi) is 3.74. The summed E-state index contributed by atoms with van der Waals surface area (Å²) in [7, 11) is -0.558.